The lowest BCUT2D eigenvalue weighted by atomic mass is 10.1. The molecule has 1 rings (SSSR count). The third-order valence-electron chi connectivity index (χ3n) is 2.29. The molecule has 0 amide bonds. The van der Waals surface area contributed by atoms with Crippen molar-refractivity contribution in [3.63, 3.8) is 0 Å². The second-order valence-electron chi connectivity index (χ2n) is 5.61. The van der Waals surface area contributed by atoms with E-state index in [0.29, 0.717) is 0 Å². The van der Waals surface area contributed by atoms with Gasteiger partial charge in [-0.15, -0.1) is 5.10 Å². The van der Waals surface area contributed by atoms with Crippen molar-refractivity contribution in [3.05, 3.63) is 11.9 Å². The maximum atomic E-state index is 11.8. The lowest BCUT2D eigenvalue weighted by Crippen LogP contribution is -2.25. The lowest BCUT2D eigenvalue weighted by molar-refractivity contribution is -0.142. The summed E-state index contributed by atoms with van der Waals surface area (Å²) < 4.78 is 6.31. The maximum absolute atomic E-state index is 11.8. The van der Waals surface area contributed by atoms with E-state index in [-0.39, 0.29) is 11.6 Å². The summed E-state index contributed by atoms with van der Waals surface area (Å²) in [6.45, 7) is 8.73. The first-order valence-corrected chi connectivity index (χ1v) is 6.00. The molecule has 1 aromatic heterocycles. The Kier molecular flexibility index (Phi) is 4.28. The van der Waals surface area contributed by atoms with Crippen molar-refractivity contribution in [2.45, 2.75) is 46.3 Å². The molecule has 19 heavy (non-hydrogen) atoms. The van der Waals surface area contributed by atoms with Gasteiger partial charge in [0.05, 0.1) is 6.20 Å². The first-order valence-electron chi connectivity index (χ1n) is 6.00. The molecule has 7 heteroatoms. The highest BCUT2D eigenvalue weighted by molar-refractivity contribution is 5.87. The Hall–Kier alpha value is -1.92. The van der Waals surface area contributed by atoms with Crippen molar-refractivity contribution >= 4 is 11.9 Å². The van der Waals surface area contributed by atoms with Gasteiger partial charge in [0.15, 0.2) is 11.7 Å². The molecule has 106 valence electrons. The predicted octanol–water partition coefficient (Wildman–Crippen LogP) is 1.52. The van der Waals surface area contributed by atoms with Crippen molar-refractivity contribution in [1.82, 2.24) is 15.0 Å². The van der Waals surface area contributed by atoms with E-state index in [4.69, 9.17) is 9.84 Å². The molecule has 0 saturated heterocycles. The van der Waals surface area contributed by atoms with Crippen LogP contribution in [0.3, 0.4) is 0 Å². The number of rotatable bonds is 4. The molecule has 1 aromatic rings. The van der Waals surface area contributed by atoms with Crippen molar-refractivity contribution in [1.29, 1.82) is 0 Å². The van der Waals surface area contributed by atoms with Crippen LogP contribution in [0.2, 0.25) is 0 Å². The van der Waals surface area contributed by atoms with Crippen molar-refractivity contribution in [2.75, 3.05) is 0 Å². The third kappa shape index (κ3) is 4.04. The van der Waals surface area contributed by atoms with E-state index >= 15 is 0 Å². The molecule has 0 aliphatic heterocycles. The molecule has 1 heterocycles. The topological polar surface area (TPSA) is 94.3 Å². The summed E-state index contributed by atoms with van der Waals surface area (Å²) in [6.07, 6.45) is 1.30. The number of carbonyl (C=O) groups is 2. The normalized spacial score (nSPS) is 13.4. The van der Waals surface area contributed by atoms with Gasteiger partial charge < -0.3 is 9.84 Å². The van der Waals surface area contributed by atoms with Crippen molar-refractivity contribution < 1.29 is 19.4 Å². The van der Waals surface area contributed by atoms with Crippen LogP contribution in [0, 0.1) is 5.92 Å². The molecule has 0 saturated carbocycles. The minimum Gasteiger partial charge on any atom is -0.480 e. The van der Waals surface area contributed by atoms with E-state index in [0.717, 1.165) is 0 Å². The van der Waals surface area contributed by atoms with Gasteiger partial charge >= 0.3 is 11.9 Å². The van der Waals surface area contributed by atoms with Gasteiger partial charge in [-0.1, -0.05) is 19.1 Å². The Bertz CT molecular complexity index is 474. The molecule has 1 N–H and O–H groups in total. The van der Waals surface area contributed by atoms with E-state index in [1.165, 1.54) is 10.9 Å². The van der Waals surface area contributed by atoms with Gasteiger partial charge in [0.1, 0.15) is 5.60 Å². The molecular weight excluding hydrogens is 250 g/mol. The highest BCUT2D eigenvalue weighted by Gasteiger charge is 2.27. The number of carbonyl (C=O) groups excluding carboxylic acids is 1. The summed E-state index contributed by atoms with van der Waals surface area (Å²) in [4.78, 5) is 22.9. The molecule has 0 aliphatic carbocycles. The molecule has 0 radical (unpaired) electrons. The molecule has 0 fully saturated rings. The SMILES string of the molecule is CC(C)C(C(=O)O)n1cc(C(=O)OC(C)(C)C)nn1. The zero-order chi connectivity index (χ0) is 14.8. The molecule has 0 bridgehead atoms. The van der Waals surface area contributed by atoms with Crippen LogP contribution in [-0.2, 0) is 9.53 Å². The van der Waals surface area contributed by atoms with Crippen LogP contribution in [0.15, 0.2) is 6.20 Å². The van der Waals surface area contributed by atoms with Gasteiger partial charge in [0.25, 0.3) is 0 Å². The zero-order valence-electron chi connectivity index (χ0n) is 11.7. The highest BCUT2D eigenvalue weighted by atomic mass is 16.6. The minimum absolute atomic E-state index is 0.00169. The van der Waals surface area contributed by atoms with Gasteiger partial charge in [-0.05, 0) is 26.7 Å². The second-order valence-corrected chi connectivity index (χ2v) is 5.61. The Morgan fingerprint density at radius 3 is 2.37 bits per heavy atom. The number of carboxylic acids is 1. The lowest BCUT2D eigenvalue weighted by Gasteiger charge is -2.18. The molecule has 0 spiro atoms. The number of carboxylic acid groups (broad SMARTS) is 1. The summed E-state index contributed by atoms with van der Waals surface area (Å²) in [5, 5.41) is 16.5. The predicted molar refractivity (Wildman–Crippen MR) is 66.7 cm³/mol. The zero-order valence-corrected chi connectivity index (χ0v) is 11.7. The van der Waals surface area contributed by atoms with Gasteiger partial charge in [-0.2, -0.15) is 0 Å². The average molecular weight is 269 g/mol. The first kappa shape index (κ1) is 15.1. The smallest absolute Gasteiger partial charge is 0.361 e. The van der Waals surface area contributed by atoms with E-state index in [1.54, 1.807) is 34.6 Å². The van der Waals surface area contributed by atoms with Crippen LogP contribution >= 0.6 is 0 Å². The molecule has 0 aliphatic rings. The van der Waals surface area contributed by atoms with Crippen LogP contribution in [0.25, 0.3) is 0 Å². The number of esters is 1. The molecule has 1 atom stereocenters. The maximum Gasteiger partial charge on any atom is 0.361 e. The van der Waals surface area contributed by atoms with Crippen LogP contribution in [0.4, 0.5) is 0 Å². The quantitative estimate of drug-likeness (QED) is 0.833. The number of aromatic nitrogens is 3. The molecular formula is C12H19N3O4. The fraction of sp³-hybridized carbons (Fsp3) is 0.667. The van der Waals surface area contributed by atoms with Gasteiger partial charge in [-0.25, -0.2) is 14.3 Å². The number of nitrogens with zero attached hydrogens (tertiary/aromatic N) is 3. The summed E-state index contributed by atoms with van der Waals surface area (Å²) in [6, 6.07) is -0.858. The third-order valence-corrected chi connectivity index (χ3v) is 2.29. The van der Waals surface area contributed by atoms with Crippen LogP contribution in [0.1, 0.15) is 51.1 Å². The van der Waals surface area contributed by atoms with E-state index in [2.05, 4.69) is 10.3 Å². The summed E-state index contributed by atoms with van der Waals surface area (Å²) in [7, 11) is 0. The first-order chi connectivity index (χ1) is 8.61. The molecule has 7 nitrogen and oxygen atoms in total. The number of hydrogen-bond acceptors (Lipinski definition) is 5. The van der Waals surface area contributed by atoms with E-state index < -0.39 is 23.6 Å². The number of hydrogen-bond donors (Lipinski definition) is 1. The largest absolute Gasteiger partial charge is 0.480 e. The standard InChI is InChI=1S/C12H19N3O4/c1-7(2)9(10(16)17)15-6-8(13-14-15)11(18)19-12(3,4)5/h6-7,9H,1-5H3,(H,16,17). The molecule has 1 unspecified atom stereocenters. The highest BCUT2D eigenvalue weighted by Crippen LogP contribution is 2.17. The fourth-order valence-electron chi connectivity index (χ4n) is 1.54. The monoisotopic (exact) mass is 269 g/mol. The Morgan fingerprint density at radius 2 is 1.95 bits per heavy atom. The summed E-state index contributed by atoms with van der Waals surface area (Å²) in [5.74, 6) is -1.81. The number of aliphatic carboxylic acids is 1. The van der Waals surface area contributed by atoms with Crippen LogP contribution < -0.4 is 0 Å². The van der Waals surface area contributed by atoms with Gasteiger partial charge in [-0.3, -0.25) is 0 Å². The van der Waals surface area contributed by atoms with E-state index in [9.17, 15) is 9.59 Å². The fourth-order valence-corrected chi connectivity index (χ4v) is 1.54. The molecule has 0 aromatic carbocycles. The Labute approximate surface area is 111 Å². The van der Waals surface area contributed by atoms with Crippen LogP contribution in [-0.4, -0.2) is 37.6 Å². The van der Waals surface area contributed by atoms with Crippen molar-refractivity contribution in [3.8, 4) is 0 Å². The summed E-state index contributed by atoms with van der Waals surface area (Å²) >= 11 is 0. The number of ether oxygens (including phenoxy) is 1. The average Bonchev–Trinajstić information content (AvgIpc) is 2.62. The minimum atomic E-state index is -1.02. The van der Waals surface area contributed by atoms with Crippen LogP contribution in [0.5, 0.6) is 0 Å². The second kappa shape index (κ2) is 5.38. The summed E-state index contributed by atoms with van der Waals surface area (Å²) in [5.41, 5.74) is -0.632. The Morgan fingerprint density at radius 1 is 1.37 bits per heavy atom. The van der Waals surface area contributed by atoms with Crippen molar-refractivity contribution in [2.24, 2.45) is 5.92 Å². The Balaban J connectivity index is 2.93. The van der Waals surface area contributed by atoms with Gasteiger partial charge in [0.2, 0.25) is 0 Å². The van der Waals surface area contributed by atoms with Gasteiger partial charge in [0, 0.05) is 0 Å². The van der Waals surface area contributed by atoms with E-state index in [1.807, 2.05) is 0 Å².